The van der Waals surface area contributed by atoms with E-state index in [1.165, 1.54) is 18.3 Å². The first kappa shape index (κ1) is 18.4. The molecule has 1 aromatic heterocycles. The molecule has 7 nitrogen and oxygen atoms in total. The minimum absolute atomic E-state index is 0.0809. The lowest BCUT2D eigenvalue weighted by molar-refractivity contribution is -0.146. The van der Waals surface area contributed by atoms with Gasteiger partial charge in [0, 0.05) is 16.9 Å². The molecule has 25 heavy (non-hydrogen) atoms. The third kappa shape index (κ3) is 6.23. The van der Waals surface area contributed by atoms with Gasteiger partial charge >= 0.3 is 5.97 Å². The van der Waals surface area contributed by atoms with Gasteiger partial charge in [-0.2, -0.15) is 0 Å². The number of benzene rings is 1. The van der Waals surface area contributed by atoms with Gasteiger partial charge in [-0.25, -0.2) is 0 Å². The number of carbonyl (C=O) groups is 3. The second-order valence-electron chi connectivity index (χ2n) is 5.12. The molecule has 0 saturated heterocycles. The van der Waals surface area contributed by atoms with Gasteiger partial charge in [0.25, 0.3) is 11.8 Å². The molecule has 2 amide bonds. The van der Waals surface area contributed by atoms with Crippen LogP contribution in [0.4, 0.5) is 5.69 Å². The Hall–Kier alpha value is -2.93. The number of aryl methyl sites for hydroxylation is 1. The van der Waals surface area contributed by atoms with Gasteiger partial charge in [0.05, 0.1) is 0 Å². The number of carbonyl (C=O) groups excluding carboxylic acids is 3. The first-order chi connectivity index (χ1) is 11.9. The molecule has 2 aromatic rings. The Balaban J connectivity index is 1.72. The number of hydrogen-bond acceptors (Lipinski definition) is 5. The maximum absolute atomic E-state index is 11.8. The summed E-state index contributed by atoms with van der Waals surface area (Å²) in [6.07, 6.45) is 1.38. The molecule has 0 radical (unpaired) electrons. The molecule has 0 spiro atoms. The van der Waals surface area contributed by atoms with Crippen LogP contribution in [0, 0.1) is 6.92 Å². The standard InChI is InChI=1S/C17H16ClN3O4/c1-11-2-4-13(5-3-11)21-15(22)10-25-16(23)9-20-17(24)14-8-12(18)6-7-19-14/h2-8H,9-10H2,1H3,(H,20,24)(H,21,22). The molecule has 0 atom stereocenters. The quantitative estimate of drug-likeness (QED) is 0.766. The number of pyridine rings is 1. The number of anilines is 1. The van der Waals surface area contributed by atoms with Crippen LogP contribution in [-0.2, 0) is 14.3 Å². The van der Waals surface area contributed by atoms with Crippen LogP contribution < -0.4 is 10.6 Å². The van der Waals surface area contributed by atoms with Crippen LogP contribution in [0.3, 0.4) is 0 Å². The lowest BCUT2D eigenvalue weighted by atomic mass is 10.2. The summed E-state index contributed by atoms with van der Waals surface area (Å²) < 4.78 is 4.80. The molecule has 0 aliphatic rings. The van der Waals surface area contributed by atoms with Gasteiger partial charge in [-0.15, -0.1) is 0 Å². The molecular formula is C17H16ClN3O4. The smallest absolute Gasteiger partial charge is 0.325 e. The van der Waals surface area contributed by atoms with Crippen molar-refractivity contribution in [2.45, 2.75) is 6.92 Å². The minimum atomic E-state index is -0.741. The summed E-state index contributed by atoms with van der Waals surface area (Å²) >= 11 is 5.76. The highest BCUT2D eigenvalue weighted by atomic mass is 35.5. The average Bonchev–Trinajstić information content (AvgIpc) is 2.60. The third-order valence-electron chi connectivity index (χ3n) is 3.05. The van der Waals surface area contributed by atoms with Crippen LogP contribution in [0.5, 0.6) is 0 Å². The molecule has 0 fully saturated rings. The van der Waals surface area contributed by atoms with Gasteiger partial charge in [0.15, 0.2) is 6.61 Å². The van der Waals surface area contributed by atoms with Crippen LogP contribution in [0.25, 0.3) is 0 Å². The van der Waals surface area contributed by atoms with Gasteiger partial charge < -0.3 is 15.4 Å². The van der Waals surface area contributed by atoms with E-state index in [4.69, 9.17) is 16.3 Å². The number of halogens is 1. The van der Waals surface area contributed by atoms with E-state index in [1.807, 2.05) is 19.1 Å². The van der Waals surface area contributed by atoms with Crippen molar-refractivity contribution in [3.63, 3.8) is 0 Å². The lowest BCUT2D eigenvalue weighted by Crippen LogP contribution is -2.32. The van der Waals surface area contributed by atoms with E-state index < -0.39 is 24.4 Å². The monoisotopic (exact) mass is 361 g/mol. The van der Waals surface area contributed by atoms with Crippen molar-refractivity contribution in [2.75, 3.05) is 18.5 Å². The van der Waals surface area contributed by atoms with Gasteiger partial charge in [-0.1, -0.05) is 29.3 Å². The van der Waals surface area contributed by atoms with Crippen LogP contribution >= 0.6 is 11.6 Å². The predicted octanol–water partition coefficient (Wildman–Crippen LogP) is 1.96. The average molecular weight is 362 g/mol. The predicted molar refractivity (Wildman–Crippen MR) is 92.3 cm³/mol. The molecule has 0 unspecified atom stereocenters. The Kier molecular flexibility index (Phi) is 6.47. The summed E-state index contributed by atoms with van der Waals surface area (Å²) in [5.41, 5.74) is 1.75. The zero-order chi connectivity index (χ0) is 18.2. The van der Waals surface area contributed by atoms with Crippen molar-refractivity contribution in [1.82, 2.24) is 10.3 Å². The molecular weight excluding hydrogens is 346 g/mol. The highest BCUT2D eigenvalue weighted by Gasteiger charge is 2.12. The second-order valence-corrected chi connectivity index (χ2v) is 5.55. The van der Waals surface area contributed by atoms with E-state index in [1.54, 1.807) is 12.1 Å². The highest BCUT2D eigenvalue weighted by molar-refractivity contribution is 6.30. The second kappa shape index (κ2) is 8.79. The van der Waals surface area contributed by atoms with E-state index in [0.717, 1.165) is 5.56 Å². The highest BCUT2D eigenvalue weighted by Crippen LogP contribution is 2.08. The lowest BCUT2D eigenvalue weighted by Gasteiger charge is -2.08. The van der Waals surface area contributed by atoms with Crippen molar-refractivity contribution in [1.29, 1.82) is 0 Å². The summed E-state index contributed by atoms with van der Waals surface area (Å²) in [7, 11) is 0. The van der Waals surface area contributed by atoms with E-state index in [0.29, 0.717) is 10.7 Å². The molecule has 8 heteroatoms. The third-order valence-corrected chi connectivity index (χ3v) is 3.28. The van der Waals surface area contributed by atoms with Crippen LogP contribution in [-0.4, -0.2) is 35.9 Å². The van der Waals surface area contributed by atoms with E-state index >= 15 is 0 Å². The minimum Gasteiger partial charge on any atom is -0.454 e. The largest absolute Gasteiger partial charge is 0.454 e. The number of ether oxygens (including phenoxy) is 1. The van der Waals surface area contributed by atoms with E-state index in [9.17, 15) is 14.4 Å². The molecule has 0 saturated carbocycles. The van der Waals surface area contributed by atoms with Crippen molar-refractivity contribution in [3.8, 4) is 0 Å². The van der Waals surface area contributed by atoms with Gasteiger partial charge in [0.1, 0.15) is 12.2 Å². The van der Waals surface area contributed by atoms with Crippen molar-refractivity contribution in [3.05, 3.63) is 58.9 Å². The fourth-order valence-corrected chi connectivity index (χ4v) is 1.96. The van der Waals surface area contributed by atoms with Gasteiger partial charge in [-0.05, 0) is 31.2 Å². The Bertz CT molecular complexity index is 778. The number of rotatable bonds is 6. The van der Waals surface area contributed by atoms with Crippen molar-refractivity contribution >= 4 is 35.1 Å². The Labute approximate surface area is 149 Å². The van der Waals surface area contributed by atoms with Crippen molar-refractivity contribution < 1.29 is 19.1 Å². The Morgan fingerprint density at radius 2 is 1.88 bits per heavy atom. The molecule has 0 aliphatic carbocycles. The Morgan fingerprint density at radius 1 is 1.16 bits per heavy atom. The molecule has 1 aromatic carbocycles. The first-order valence-electron chi connectivity index (χ1n) is 7.36. The van der Waals surface area contributed by atoms with Crippen LogP contribution in [0.2, 0.25) is 5.02 Å². The fraction of sp³-hybridized carbons (Fsp3) is 0.176. The molecule has 2 N–H and O–H groups in total. The first-order valence-corrected chi connectivity index (χ1v) is 7.74. The van der Waals surface area contributed by atoms with Crippen molar-refractivity contribution in [2.24, 2.45) is 0 Å². The summed E-state index contributed by atoms with van der Waals surface area (Å²) in [6, 6.07) is 10.1. The number of nitrogens with one attached hydrogen (secondary N) is 2. The zero-order valence-corrected chi connectivity index (χ0v) is 14.2. The molecule has 1 heterocycles. The molecule has 0 bridgehead atoms. The number of amides is 2. The SMILES string of the molecule is Cc1ccc(NC(=O)COC(=O)CNC(=O)c2cc(Cl)ccn2)cc1. The summed E-state index contributed by atoms with van der Waals surface area (Å²) in [5.74, 6) is -1.78. The van der Waals surface area contributed by atoms with E-state index in [-0.39, 0.29) is 12.2 Å². The number of aromatic nitrogens is 1. The molecule has 130 valence electrons. The number of hydrogen-bond donors (Lipinski definition) is 2. The van der Waals surface area contributed by atoms with Gasteiger partial charge in [0.2, 0.25) is 0 Å². The van der Waals surface area contributed by atoms with E-state index in [2.05, 4.69) is 15.6 Å². The maximum Gasteiger partial charge on any atom is 0.325 e. The zero-order valence-electron chi connectivity index (χ0n) is 13.4. The van der Waals surface area contributed by atoms with Crippen LogP contribution in [0.1, 0.15) is 16.1 Å². The Morgan fingerprint density at radius 3 is 2.56 bits per heavy atom. The van der Waals surface area contributed by atoms with Gasteiger partial charge in [-0.3, -0.25) is 19.4 Å². The number of nitrogens with zero attached hydrogens (tertiary/aromatic N) is 1. The molecule has 2 rings (SSSR count). The maximum atomic E-state index is 11.8. The summed E-state index contributed by atoms with van der Waals surface area (Å²) in [4.78, 5) is 38.9. The summed E-state index contributed by atoms with van der Waals surface area (Å²) in [6.45, 7) is 1.10. The topological polar surface area (TPSA) is 97.4 Å². The number of esters is 1. The summed E-state index contributed by atoms with van der Waals surface area (Å²) in [5, 5.41) is 5.29. The van der Waals surface area contributed by atoms with Crippen LogP contribution in [0.15, 0.2) is 42.6 Å². The normalized spacial score (nSPS) is 10.0. The molecule has 0 aliphatic heterocycles. The fourth-order valence-electron chi connectivity index (χ4n) is 1.80.